The number of aliphatic hydroxyl groups is 1. The van der Waals surface area contributed by atoms with Crippen molar-refractivity contribution in [1.29, 1.82) is 0 Å². The molecule has 0 aliphatic heterocycles. The average molecular weight is 291 g/mol. The van der Waals surface area contributed by atoms with Gasteiger partial charge in [0.05, 0.1) is 17.6 Å². The Hall–Kier alpha value is -1.59. The molecule has 0 radical (unpaired) electrons. The number of ether oxygens (including phenoxy) is 1. The number of benzene rings is 1. The van der Waals surface area contributed by atoms with Gasteiger partial charge in [-0.25, -0.2) is 4.98 Å². The third kappa shape index (κ3) is 3.95. The second-order valence-corrected chi connectivity index (χ2v) is 5.39. The fraction of sp³-hybridized carbons (Fsp3) is 0.562. The Labute approximate surface area is 126 Å². The number of fused-ring (bicyclic) bond motifs is 1. The first-order valence-electron chi connectivity index (χ1n) is 7.53. The highest BCUT2D eigenvalue weighted by molar-refractivity contribution is 5.77. The molecule has 5 heteroatoms. The standard InChI is InChI=1S/C16H25N3O2/c1-4-21-13-7-8-15-14(12-13)17-16(6-5-11-20)19(15)10-9-18(2)3/h7-8,12,20H,4-6,9-11H2,1-3H3. The highest BCUT2D eigenvalue weighted by atomic mass is 16.5. The lowest BCUT2D eigenvalue weighted by atomic mass is 10.3. The Morgan fingerprint density at radius 2 is 2.14 bits per heavy atom. The maximum atomic E-state index is 9.06. The van der Waals surface area contributed by atoms with Crippen LogP contribution in [0.1, 0.15) is 19.2 Å². The molecule has 1 aromatic heterocycles. The Kier molecular flexibility index (Phi) is 5.59. The molecule has 1 heterocycles. The van der Waals surface area contributed by atoms with Gasteiger partial charge in [-0.2, -0.15) is 0 Å². The summed E-state index contributed by atoms with van der Waals surface area (Å²) in [4.78, 5) is 6.89. The van der Waals surface area contributed by atoms with Gasteiger partial charge in [0.1, 0.15) is 11.6 Å². The Balaban J connectivity index is 2.34. The van der Waals surface area contributed by atoms with Gasteiger partial charge < -0.3 is 19.3 Å². The quantitative estimate of drug-likeness (QED) is 0.807. The predicted molar refractivity (Wildman–Crippen MR) is 84.9 cm³/mol. The van der Waals surface area contributed by atoms with Crippen LogP contribution in [0, 0.1) is 0 Å². The number of aliphatic hydroxyl groups excluding tert-OH is 1. The SMILES string of the molecule is CCOc1ccc2c(c1)nc(CCCO)n2CCN(C)C. The summed E-state index contributed by atoms with van der Waals surface area (Å²) in [6.45, 7) is 4.70. The van der Waals surface area contributed by atoms with E-state index in [4.69, 9.17) is 14.8 Å². The molecule has 0 spiro atoms. The van der Waals surface area contributed by atoms with Crippen LogP contribution in [0.25, 0.3) is 11.0 Å². The molecule has 2 rings (SSSR count). The third-order valence-corrected chi connectivity index (χ3v) is 3.44. The van der Waals surface area contributed by atoms with E-state index in [9.17, 15) is 0 Å². The van der Waals surface area contributed by atoms with Crippen molar-refractivity contribution in [1.82, 2.24) is 14.5 Å². The van der Waals surface area contributed by atoms with E-state index in [1.54, 1.807) is 0 Å². The maximum Gasteiger partial charge on any atom is 0.121 e. The summed E-state index contributed by atoms with van der Waals surface area (Å²) in [5.74, 6) is 1.89. The largest absolute Gasteiger partial charge is 0.494 e. The fourth-order valence-electron chi connectivity index (χ4n) is 2.39. The van der Waals surface area contributed by atoms with E-state index in [2.05, 4.69) is 29.6 Å². The Morgan fingerprint density at radius 1 is 1.33 bits per heavy atom. The molecule has 0 aliphatic carbocycles. The zero-order valence-corrected chi connectivity index (χ0v) is 13.2. The summed E-state index contributed by atoms with van der Waals surface area (Å²) in [7, 11) is 4.14. The fourth-order valence-corrected chi connectivity index (χ4v) is 2.39. The summed E-state index contributed by atoms with van der Waals surface area (Å²) in [5, 5.41) is 9.06. The van der Waals surface area contributed by atoms with Gasteiger partial charge in [-0.15, -0.1) is 0 Å². The van der Waals surface area contributed by atoms with Crippen LogP contribution in [0.5, 0.6) is 5.75 Å². The van der Waals surface area contributed by atoms with Crippen LogP contribution in [-0.2, 0) is 13.0 Å². The van der Waals surface area contributed by atoms with Gasteiger partial charge in [-0.05, 0) is 39.6 Å². The van der Waals surface area contributed by atoms with E-state index < -0.39 is 0 Å². The zero-order chi connectivity index (χ0) is 15.2. The van der Waals surface area contributed by atoms with Gasteiger partial charge in [0.2, 0.25) is 0 Å². The molecule has 0 fully saturated rings. The van der Waals surface area contributed by atoms with Crippen molar-refractivity contribution in [2.24, 2.45) is 0 Å². The molecule has 5 nitrogen and oxygen atoms in total. The van der Waals surface area contributed by atoms with Crippen molar-refractivity contribution in [2.45, 2.75) is 26.3 Å². The van der Waals surface area contributed by atoms with Crippen molar-refractivity contribution in [2.75, 3.05) is 33.9 Å². The lowest BCUT2D eigenvalue weighted by Gasteiger charge is -2.13. The van der Waals surface area contributed by atoms with Crippen molar-refractivity contribution in [3.05, 3.63) is 24.0 Å². The first-order chi connectivity index (χ1) is 10.2. The summed E-state index contributed by atoms with van der Waals surface area (Å²) >= 11 is 0. The number of aromatic nitrogens is 2. The molecule has 21 heavy (non-hydrogen) atoms. The Morgan fingerprint density at radius 3 is 2.81 bits per heavy atom. The third-order valence-electron chi connectivity index (χ3n) is 3.44. The van der Waals surface area contributed by atoms with Crippen LogP contribution >= 0.6 is 0 Å². The second kappa shape index (κ2) is 7.43. The van der Waals surface area contributed by atoms with Gasteiger partial charge in [0, 0.05) is 32.2 Å². The smallest absolute Gasteiger partial charge is 0.121 e. The van der Waals surface area contributed by atoms with E-state index >= 15 is 0 Å². The number of nitrogens with zero attached hydrogens (tertiary/aromatic N) is 3. The first-order valence-corrected chi connectivity index (χ1v) is 7.53. The van der Waals surface area contributed by atoms with Gasteiger partial charge in [0.15, 0.2) is 0 Å². The van der Waals surface area contributed by atoms with E-state index in [0.29, 0.717) is 6.61 Å². The minimum atomic E-state index is 0.196. The highest BCUT2D eigenvalue weighted by Gasteiger charge is 2.11. The molecular formula is C16H25N3O2. The van der Waals surface area contributed by atoms with E-state index in [0.717, 1.165) is 48.5 Å². The van der Waals surface area contributed by atoms with Crippen molar-refractivity contribution in [3.63, 3.8) is 0 Å². The minimum Gasteiger partial charge on any atom is -0.494 e. The zero-order valence-electron chi connectivity index (χ0n) is 13.2. The number of rotatable bonds is 8. The molecular weight excluding hydrogens is 266 g/mol. The molecule has 0 saturated heterocycles. The molecule has 0 bridgehead atoms. The summed E-state index contributed by atoms with van der Waals surface area (Å²) in [6, 6.07) is 6.06. The van der Waals surface area contributed by atoms with E-state index in [-0.39, 0.29) is 6.61 Å². The van der Waals surface area contributed by atoms with Crippen LogP contribution in [0.2, 0.25) is 0 Å². The number of aryl methyl sites for hydroxylation is 1. The topological polar surface area (TPSA) is 50.5 Å². The van der Waals surface area contributed by atoms with Crippen LogP contribution in [-0.4, -0.2) is 53.4 Å². The summed E-state index contributed by atoms with van der Waals surface area (Å²) in [5.41, 5.74) is 2.10. The van der Waals surface area contributed by atoms with Gasteiger partial charge >= 0.3 is 0 Å². The van der Waals surface area contributed by atoms with Crippen molar-refractivity contribution < 1.29 is 9.84 Å². The van der Waals surface area contributed by atoms with Gasteiger partial charge in [-0.1, -0.05) is 0 Å². The summed E-state index contributed by atoms with van der Waals surface area (Å²) in [6.07, 6.45) is 1.53. The Bertz CT molecular complexity index is 578. The maximum absolute atomic E-state index is 9.06. The molecule has 2 aromatic rings. The van der Waals surface area contributed by atoms with Crippen LogP contribution < -0.4 is 4.74 Å². The number of likely N-dealkylation sites (N-methyl/N-ethyl adjacent to an activating group) is 1. The van der Waals surface area contributed by atoms with Crippen molar-refractivity contribution >= 4 is 11.0 Å². The summed E-state index contributed by atoms with van der Waals surface area (Å²) < 4.78 is 7.80. The molecule has 0 unspecified atom stereocenters. The van der Waals surface area contributed by atoms with Crippen LogP contribution in [0.3, 0.4) is 0 Å². The minimum absolute atomic E-state index is 0.196. The van der Waals surface area contributed by atoms with E-state index in [1.165, 1.54) is 0 Å². The molecule has 0 amide bonds. The predicted octanol–water partition coefficient (Wildman–Crippen LogP) is 1.92. The first kappa shape index (κ1) is 15.8. The van der Waals surface area contributed by atoms with E-state index in [1.807, 2.05) is 19.1 Å². The van der Waals surface area contributed by atoms with Gasteiger partial charge in [-0.3, -0.25) is 0 Å². The molecule has 0 atom stereocenters. The van der Waals surface area contributed by atoms with Crippen molar-refractivity contribution in [3.8, 4) is 5.75 Å². The molecule has 116 valence electrons. The molecule has 1 aromatic carbocycles. The highest BCUT2D eigenvalue weighted by Crippen LogP contribution is 2.22. The van der Waals surface area contributed by atoms with Gasteiger partial charge in [0.25, 0.3) is 0 Å². The number of hydrogen-bond donors (Lipinski definition) is 1. The average Bonchev–Trinajstić information content (AvgIpc) is 2.80. The second-order valence-electron chi connectivity index (χ2n) is 5.39. The normalized spacial score (nSPS) is 11.5. The van der Waals surface area contributed by atoms with Crippen LogP contribution in [0.15, 0.2) is 18.2 Å². The molecule has 0 aliphatic rings. The molecule has 1 N–H and O–H groups in total. The lowest BCUT2D eigenvalue weighted by molar-refractivity contribution is 0.286. The number of hydrogen-bond acceptors (Lipinski definition) is 4. The monoisotopic (exact) mass is 291 g/mol. The molecule has 0 saturated carbocycles. The lowest BCUT2D eigenvalue weighted by Crippen LogP contribution is -2.19. The number of imidazole rings is 1. The van der Waals surface area contributed by atoms with Crippen LogP contribution in [0.4, 0.5) is 0 Å².